The summed E-state index contributed by atoms with van der Waals surface area (Å²) in [6.45, 7) is 9.97. The van der Waals surface area contributed by atoms with Crippen molar-refractivity contribution in [1.82, 2.24) is 14.9 Å². The topological polar surface area (TPSA) is 94.1 Å². The molecule has 1 aromatic carbocycles. The normalized spacial score (nSPS) is 16.7. The Balaban J connectivity index is 1.65. The number of carbonyl (C=O) groups excluding carboxylic acids is 2. The van der Waals surface area contributed by atoms with Gasteiger partial charge in [0, 0.05) is 42.8 Å². The number of ether oxygens (including phenoxy) is 3. The lowest BCUT2D eigenvalue weighted by Crippen LogP contribution is -2.55. The zero-order chi connectivity index (χ0) is 27.0. The molecule has 3 aromatic rings. The van der Waals surface area contributed by atoms with Crippen LogP contribution in [-0.2, 0) is 14.3 Å². The standard InChI is InChI=1S/C24H28F2N4O5S2/c1-6-33-20(31)24(25,26)34-16-8-7-15(19-27-9-12-36-19)17-18(16)37-21(28-17)29-10-11-30(14(2)13-29)22(32)35-23(3,4)5/h7-9,12,14H,6,10-11,13H2,1-5H3/t14-/m1/s1. The van der Waals surface area contributed by atoms with Crippen LogP contribution in [0.3, 0.4) is 0 Å². The first-order chi connectivity index (χ1) is 17.4. The third-order valence-corrected chi connectivity index (χ3v) is 7.37. The third kappa shape index (κ3) is 5.93. The molecule has 0 bridgehead atoms. The Bertz CT molecular complexity index is 1280. The molecular weight excluding hydrogens is 526 g/mol. The number of piperazine rings is 1. The number of halogens is 2. The zero-order valence-electron chi connectivity index (χ0n) is 21.1. The zero-order valence-corrected chi connectivity index (χ0v) is 22.8. The van der Waals surface area contributed by atoms with Crippen molar-refractivity contribution in [2.24, 2.45) is 0 Å². The van der Waals surface area contributed by atoms with Gasteiger partial charge in [0.25, 0.3) is 0 Å². The van der Waals surface area contributed by atoms with E-state index in [1.54, 1.807) is 17.2 Å². The molecule has 0 N–H and O–H groups in total. The Labute approximate surface area is 221 Å². The highest BCUT2D eigenvalue weighted by Gasteiger charge is 2.45. The molecule has 1 amide bonds. The molecular formula is C24H28F2N4O5S2. The van der Waals surface area contributed by atoms with Gasteiger partial charge in [-0.15, -0.1) is 11.3 Å². The van der Waals surface area contributed by atoms with E-state index in [9.17, 15) is 18.4 Å². The van der Waals surface area contributed by atoms with Gasteiger partial charge in [-0.1, -0.05) is 11.3 Å². The number of amides is 1. The second-order valence-corrected chi connectivity index (χ2v) is 11.3. The van der Waals surface area contributed by atoms with E-state index in [2.05, 4.69) is 9.72 Å². The number of esters is 1. The van der Waals surface area contributed by atoms with Gasteiger partial charge < -0.3 is 24.0 Å². The number of hydrogen-bond donors (Lipinski definition) is 0. The van der Waals surface area contributed by atoms with E-state index in [4.69, 9.17) is 14.5 Å². The Morgan fingerprint density at radius 1 is 1.22 bits per heavy atom. The fourth-order valence-corrected chi connectivity index (χ4v) is 5.58. The second-order valence-electron chi connectivity index (χ2n) is 9.43. The SMILES string of the molecule is CCOC(=O)C(F)(F)Oc1ccc(-c2nccs2)c2nc(N3CCN(C(=O)OC(C)(C)C)[C@H](C)C3)sc12. The van der Waals surface area contributed by atoms with Gasteiger partial charge in [0.2, 0.25) is 0 Å². The molecule has 0 radical (unpaired) electrons. The van der Waals surface area contributed by atoms with Crippen LogP contribution in [0.15, 0.2) is 23.7 Å². The van der Waals surface area contributed by atoms with Gasteiger partial charge in [-0.2, -0.15) is 8.78 Å². The van der Waals surface area contributed by atoms with E-state index in [1.165, 1.54) is 35.7 Å². The van der Waals surface area contributed by atoms with Crippen molar-refractivity contribution in [3.05, 3.63) is 23.7 Å². The maximum absolute atomic E-state index is 14.5. The number of fused-ring (bicyclic) bond motifs is 1. The predicted molar refractivity (Wildman–Crippen MR) is 138 cm³/mol. The number of carbonyl (C=O) groups is 2. The first kappa shape index (κ1) is 27.0. The van der Waals surface area contributed by atoms with E-state index in [-0.39, 0.29) is 24.5 Å². The number of thiazole rings is 2. The highest BCUT2D eigenvalue weighted by molar-refractivity contribution is 7.22. The van der Waals surface area contributed by atoms with Crippen LogP contribution in [0.5, 0.6) is 5.75 Å². The molecule has 0 unspecified atom stereocenters. The summed E-state index contributed by atoms with van der Waals surface area (Å²) in [4.78, 5) is 37.1. The van der Waals surface area contributed by atoms with Crippen molar-refractivity contribution in [2.75, 3.05) is 31.1 Å². The number of hydrogen-bond acceptors (Lipinski definition) is 10. The van der Waals surface area contributed by atoms with E-state index >= 15 is 0 Å². The Morgan fingerprint density at radius 3 is 2.59 bits per heavy atom. The highest BCUT2D eigenvalue weighted by Crippen LogP contribution is 2.43. The van der Waals surface area contributed by atoms with Crippen molar-refractivity contribution in [2.45, 2.75) is 52.4 Å². The van der Waals surface area contributed by atoms with E-state index in [0.717, 1.165) is 0 Å². The van der Waals surface area contributed by atoms with Crippen LogP contribution >= 0.6 is 22.7 Å². The molecule has 0 saturated carbocycles. The Hall–Kier alpha value is -3.06. The molecule has 2 aromatic heterocycles. The molecule has 1 saturated heterocycles. The van der Waals surface area contributed by atoms with Gasteiger partial charge in [-0.05, 0) is 46.8 Å². The summed E-state index contributed by atoms with van der Waals surface area (Å²) in [5, 5.41) is 3.07. The number of alkyl halides is 2. The summed E-state index contributed by atoms with van der Waals surface area (Å²) in [6, 6.07) is 2.82. The summed E-state index contributed by atoms with van der Waals surface area (Å²) in [5.41, 5.74) is 0.504. The fraction of sp³-hybridized carbons (Fsp3) is 0.500. The molecule has 0 aliphatic carbocycles. The molecule has 1 aliphatic rings. The highest BCUT2D eigenvalue weighted by atomic mass is 32.1. The average Bonchev–Trinajstić information content (AvgIpc) is 3.49. The van der Waals surface area contributed by atoms with Crippen LogP contribution in [0.4, 0.5) is 18.7 Å². The molecule has 1 atom stereocenters. The average molecular weight is 555 g/mol. The number of nitrogens with zero attached hydrogens (tertiary/aromatic N) is 4. The largest absolute Gasteiger partial charge is 0.502 e. The first-order valence-corrected chi connectivity index (χ1v) is 13.4. The number of aromatic nitrogens is 2. The predicted octanol–water partition coefficient (Wildman–Crippen LogP) is 5.40. The van der Waals surface area contributed by atoms with Gasteiger partial charge in [-0.3, -0.25) is 0 Å². The first-order valence-electron chi connectivity index (χ1n) is 11.7. The van der Waals surface area contributed by atoms with Crippen LogP contribution in [0, 0.1) is 0 Å². The van der Waals surface area contributed by atoms with Gasteiger partial charge >= 0.3 is 18.2 Å². The molecule has 13 heteroatoms. The lowest BCUT2D eigenvalue weighted by atomic mass is 10.2. The summed E-state index contributed by atoms with van der Waals surface area (Å²) in [7, 11) is 0. The number of anilines is 1. The fourth-order valence-electron chi connectivity index (χ4n) is 3.83. The van der Waals surface area contributed by atoms with E-state index < -0.39 is 17.7 Å². The number of rotatable bonds is 6. The maximum Gasteiger partial charge on any atom is 0.502 e. The Kier molecular flexibility index (Phi) is 7.56. The minimum Gasteiger partial charge on any atom is -0.459 e. The molecule has 1 fully saturated rings. The van der Waals surface area contributed by atoms with Crippen molar-refractivity contribution >= 4 is 50.1 Å². The molecule has 1 aliphatic heterocycles. The summed E-state index contributed by atoms with van der Waals surface area (Å²) >= 11 is 2.57. The molecule has 3 heterocycles. The minimum absolute atomic E-state index is 0.169. The van der Waals surface area contributed by atoms with Crippen LogP contribution in [0.2, 0.25) is 0 Å². The summed E-state index contributed by atoms with van der Waals surface area (Å²) in [5.74, 6) is -1.94. The van der Waals surface area contributed by atoms with Gasteiger partial charge in [0.15, 0.2) is 5.13 Å². The number of benzene rings is 1. The van der Waals surface area contributed by atoms with Crippen LogP contribution in [0.25, 0.3) is 20.8 Å². The molecule has 0 spiro atoms. The summed E-state index contributed by atoms with van der Waals surface area (Å²) in [6.07, 6.45) is -2.90. The Morgan fingerprint density at radius 2 is 1.97 bits per heavy atom. The quantitative estimate of drug-likeness (QED) is 0.374. The van der Waals surface area contributed by atoms with Gasteiger partial charge in [-0.25, -0.2) is 19.6 Å². The summed E-state index contributed by atoms with van der Waals surface area (Å²) < 4.78 is 44.1. The van der Waals surface area contributed by atoms with Crippen molar-refractivity contribution in [3.8, 4) is 16.3 Å². The molecule has 37 heavy (non-hydrogen) atoms. The molecule has 9 nitrogen and oxygen atoms in total. The van der Waals surface area contributed by atoms with Crippen LogP contribution in [-0.4, -0.2) is 70.9 Å². The van der Waals surface area contributed by atoms with Gasteiger partial charge in [0.1, 0.15) is 16.4 Å². The maximum atomic E-state index is 14.5. The third-order valence-electron chi connectivity index (χ3n) is 5.44. The second kappa shape index (κ2) is 10.4. The van der Waals surface area contributed by atoms with Crippen molar-refractivity contribution in [3.63, 3.8) is 0 Å². The molecule has 200 valence electrons. The van der Waals surface area contributed by atoms with Crippen LogP contribution in [0.1, 0.15) is 34.6 Å². The van der Waals surface area contributed by atoms with Crippen molar-refractivity contribution in [1.29, 1.82) is 0 Å². The minimum atomic E-state index is -4.16. The van der Waals surface area contributed by atoms with Gasteiger partial charge in [0.05, 0.1) is 16.8 Å². The van der Waals surface area contributed by atoms with E-state index in [0.29, 0.717) is 45.6 Å². The van der Waals surface area contributed by atoms with E-state index in [1.807, 2.05) is 38.0 Å². The lowest BCUT2D eigenvalue weighted by Gasteiger charge is -2.40. The van der Waals surface area contributed by atoms with Crippen molar-refractivity contribution < 1.29 is 32.6 Å². The molecule has 4 rings (SSSR count). The monoisotopic (exact) mass is 554 g/mol. The lowest BCUT2D eigenvalue weighted by molar-refractivity contribution is -0.216. The van der Waals surface area contributed by atoms with Crippen LogP contribution < -0.4 is 9.64 Å². The smallest absolute Gasteiger partial charge is 0.459 e.